The van der Waals surface area contributed by atoms with Crippen molar-refractivity contribution in [2.45, 2.75) is 47.2 Å². The number of nitrogens with one attached hydrogen (secondary N) is 4. The van der Waals surface area contributed by atoms with Crippen molar-refractivity contribution in [1.29, 1.82) is 0 Å². The van der Waals surface area contributed by atoms with Crippen LogP contribution in [-0.4, -0.2) is 103 Å². The van der Waals surface area contributed by atoms with Crippen LogP contribution in [0.25, 0.3) is 0 Å². The third-order valence-corrected chi connectivity index (χ3v) is 22.5. The van der Waals surface area contributed by atoms with E-state index in [1.807, 2.05) is 103 Å². The Balaban J connectivity index is 0.000000190. The number of halogens is 3. The van der Waals surface area contributed by atoms with Crippen LogP contribution >= 0.6 is 50.8 Å². The number of ether oxygens (including phenoxy) is 2. The Morgan fingerprint density at radius 3 is 1.13 bits per heavy atom. The molecule has 117 heavy (non-hydrogen) atoms. The molecule has 0 bridgehead atoms. The predicted octanol–water partition coefficient (Wildman–Crippen LogP) is 15.9. The van der Waals surface area contributed by atoms with E-state index in [2.05, 4.69) is 267 Å². The van der Waals surface area contributed by atoms with E-state index < -0.39 is 39.7 Å². The smallest absolute Gasteiger partial charge is 0.0134 e. The maximum atomic E-state index is 13.1. The summed E-state index contributed by atoms with van der Waals surface area (Å²) >= 11 is 3.29. The molecule has 10 aromatic carbocycles. The summed E-state index contributed by atoms with van der Waals surface area (Å²) in [5.41, 5.74) is 5.32. The van der Waals surface area contributed by atoms with Gasteiger partial charge < -0.3 is 29.9 Å². The Morgan fingerprint density at radius 2 is 0.795 bits per heavy atom. The molecule has 2 atom stereocenters. The van der Waals surface area contributed by atoms with Gasteiger partial charge in [0, 0.05) is 49.4 Å². The number of H-pyrrole nitrogens is 2. The van der Waals surface area contributed by atoms with Crippen LogP contribution in [0.3, 0.4) is 0 Å². The Kier molecular flexibility index (Phi) is 36.9. The zero-order valence-electron chi connectivity index (χ0n) is 61.6. The maximum Gasteiger partial charge on any atom is -0.0134 e. The number of hydrogen-bond acceptors (Lipinski definition) is 12. The number of anilines is 2. The molecule has 4 amide bonds. The number of nitrogens with zero attached hydrogens (tertiary/aromatic N) is 8. The molecular formula is C93H87BrCl2N12O6P2Pd. The van der Waals surface area contributed by atoms with Crippen molar-refractivity contribution in [3.05, 3.63) is 384 Å². The molecule has 0 aliphatic carbocycles. The number of carbonyl (C=O) groups excluding carboxylic acids is 4. The largest absolute Gasteiger partial charge is 0.0622 e. The number of pyridine rings is 2. The minimum absolute atomic E-state index is 0. The summed E-state index contributed by atoms with van der Waals surface area (Å²) in [7, 11) is 12.0. The number of benzene rings is 10. The van der Waals surface area contributed by atoms with E-state index in [4.69, 9.17) is 35.0 Å². The van der Waals surface area contributed by atoms with Gasteiger partial charge in [0.2, 0.25) is 11.6 Å². The summed E-state index contributed by atoms with van der Waals surface area (Å²) in [5, 5.41) is 27.3. The number of terminal acetylenes is 1. The van der Waals surface area contributed by atoms with E-state index in [0.29, 0.717) is 64.3 Å². The van der Waals surface area contributed by atoms with Crippen LogP contribution < -0.4 is 61.7 Å². The summed E-state index contributed by atoms with van der Waals surface area (Å²) in [6.45, 7) is -0.00693. The summed E-state index contributed by atoms with van der Waals surface area (Å²) in [4.78, 5) is 70.8. The molecule has 6 heterocycles. The number of amides is 4. The molecule has 24 heteroatoms. The Morgan fingerprint density at radius 1 is 0.470 bits per heavy atom. The van der Waals surface area contributed by atoms with Crippen LogP contribution in [-0.2, 0) is 38.4 Å². The number of rotatable bonds is 14. The second-order valence-electron chi connectivity index (χ2n) is 24.9. The zero-order chi connectivity index (χ0) is 79.6. The number of fused-ring (bicyclic) bond motifs is 2. The molecule has 2 aliphatic rings. The molecule has 16 rings (SSSR count). The number of aromatic nitrogens is 8. The van der Waals surface area contributed by atoms with Gasteiger partial charge in [-0.3, -0.25) is 29.4 Å². The van der Waals surface area contributed by atoms with Crippen molar-refractivity contribution in [3.8, 4) is 35.7 Å². The fourth-order valence-corrected chi connectivity index (χ4v) is 16.6. The number of carbonyl (C=O) groups is 4. The van der Waals surface area contributed by atoms with E-state index in [1.54, 1.807) is 56.8 Å². The van der Waals surface area contributed by atoms with Crippen LogP contribution in [0, 0.1) is 24.2 Å². The first-order valence-corrected chi connectivity index (χ1v) is 43.1. The van der Waals surface area contributed by atoms with Crippen molar-refractivity contribution in [2.75, 3.05) is 37.1 Å². The van der Waals surface area contributed by atoms with Crippen LogP contribution in [0.4, 0.5) is 11.4 Å². The molecule has 0 saturated heterocycles. The molecule has 0 fully saturated rings. The average Bonchev–Trinajstić information content (AvgIpc) is 1.74. The van der Waals surface area contributed by atoms with E-state index in [0.717, 1.165) is 15.6 Å². The van der Waals surface area contributed by atoms with E-state index in [9.17, 15) is 19.2 Å². The first kappa shape index (κ1) is 90.5. The third-order valence-electron chi connectivity index (χ3n) is 17.1. The van der Waals surface area contributed by atoms with Crippen LogP contribution in [0.1, 0.15) is 83.2 Å². The molecule has 0 radical (unpaired) electrons. The molecular weight excluding hydrogens is 1700 g/mol. The van der Waals surface area contributed by atoms with Gasteiger partial charge in [0.15, 0.2) is 0 Å². The Hall–Kier alpha value is -12.0. The second-order valence-corrected chi connectivity index (χ2v) is 32.6. The first-order chi connectivity index (χ1) is 55.8. The second kappa shape index (κ2) is 47.7. The fourth-order valence-electron chi connectivity index (χ4n) is 11.6. The third kappa shape index (κ3) is 26.8. The molecule has 4 N–H and O–H groups in total. The molecule has 18 nitrogen and oxygen atoms in total. The van der Waals surface area contributed by atoms with E-state index in [-0.39, 0.29) is 74.9 Å². The summed E-state index contributed by atoms with van der Waals surface area (Å²) in [5.74, 6) is 8.93. The number of likely N-dealkylation sites (N-methyl/N-ethyl adjacent to an activating group) is 2. The van der Waals surface area contributed by atoms with Gasteiger partial charge in [-0.2, -0.15) is 0 Å². The van der Waals surface area contributed by atoms with Gasteiger partial charge in [0.25, 0.3) is 23.6 Å². The summed E-state index contributed by atoms with van der Waals surface area (Å²) < 4.78 is 12.4. The van der Waals surface area contributed by atoms with Gasteiger partial charge in [-0.15, -0.1) is 16.6 Å². The summed E-state index contributed by atoms with van der Waals surface area (Å²) in [6.07, 6.45) is 9.43. The summed E-state index contributed by atoms with van der Waals surface area (Å²) in [6, 6.07) is 104. The fraction of sp³-hybridized carbons (Fsp3) is 0.118. The van der Waals surface area contributed by atoms with Gasteiger partial charge in [-0.1, -0.05) is 305 Å². The van der Waals surface area contributed by atoms with Crippen molar-refractivity contribution in [1.82, 2.24) is 51.0 Å². The SMILES string of the molecule is C.C.C.C#Cc1ccccn1.CN1C(=O)[C@@H](NC(=O)c2n[nH]c(Cc3ccccc3)n2)COc2ccc(Br)cc21.CN1C(=O)[C@@H](NC(=O)c2n[nH]c(Cc3ccccc3)n2)COc2ccc(C#Cc3ccccn3)cc21.[Cl][Pd][Cl].c1ccc(P(c2ccccc2)c2ccccc2)cc1.c1ccc(P(c2ccccc2)c2ccccc2)cc1. The number of aromatic amines is 2. The average molecular weight is 1790 g/mol. The molecule has 14 aromatic rings. The van der Waals surface area contributed by atoms with Crippen molar-refractivity contribution in [2.24, 2.45) is 0 Å². The van der Waals surface area contributed by atoms with Crippen LogP contribution in [0.2, 0.25) is 0 Å². The van der Waals surface area contributed by atoms with Gasteiger partial charge in [0.1, 0.15) is 59.8 Å². The molecule has 4 aromatic heterocycles. The van der Waals surface area contributed by atoms with Crippen LogP contribution in [0.15, 0.2) is 332 Å². The molecule has 0 saturated carbocycles. The Labute approximate surface area is 711 Å². The minimum Gasteiger partial charge on any atom is -0.0622 e. The molecule has 2 aliphatic heterocycles. The van der Waals surface area contributed by atoms with Gasteiger partial charge in [0.05, 0.1) is 11.4 Å². The van der Waals surface area contributed by atoms with Gasteiger partial charge in [-0.05, 0) is 125 Å². The first-order valence-electron chi connectivity index (χ1n) is 35.6. The zero-order valence-corrected chi connectivity index (χ0v) is 68.1. The standard InChI is InChI=1S/C27H22N6O3.C20H18BrN5O3.2C18H15P.C7H5N.3CH4.2ClH.Pd/c1-33-22-15-19(10-12-20-9-5-6-14-28-20)11-13-23(22)36-17-21(27(33)35)29-26(34)25-30-24(31-32-25)16-18-7-3-2-4-8-18;1-26-15-10-13(21)7-8-16(15)29-11-14(20(26)28)22-19(27)18-23-17(24-25-18)9-12-5-3-2-4-6-12;2*1-4-10-16(11-5-1)19(17-12-6-2-7-13-17)18-14-8-3-9-15-18;1-2-7-5-3-4-6-8-7;;;;;;/h2-9,11,13-15,21H,16-17H2,1H3,(H,29,34)(H,30,31,32);2-8,10,14H,9,11H2,1H3,(H,22,27)(H,23,24,25);2*1-15H;1,3-6H;3*1H4;2*1H;/q;;;;;;;;;;+2/p-2/t21-;14-;;;;;;;;;/m00........./s1. The van der Waals surface area contributed by atoms with Gasteiger partial charge in [-0.25, -0.2) is 19.9 Å². The van der Waals surface area contributed by atoms with Crippen molar-refractivity contribution < 1.29 is 44.6 Å². The van der Waals surface area contributed by atoms with Gasteiger partial charge >= 0.3 is 35.0 Å². The topological polar surface area (TPSA) is 226 Å². The van der Waals surface area contributed by atoms with E-state index in [1.165, 1.54) is 41.6 Å². The van der Waals surface area contributed by atoms with Crippen molar-refractivity contribution >= 4 is 118 Å². The number of hydrogen-bond donors (Lipinski definition) is 4. The monoisotopic (exact) mass is 1780 g/mol. The predicted molar refractivity (Wildman–Crippen MR) is 477 cm³/mol. The minimum atomic E-state index is -0.908. The van der Waals surface area contributed by atoms with Crippen LogP contribution in [0.5, 0.6) is 11.5 Å². The molecule has 596 valence electrons. The maximum absolute atomic E-state index is 13.1. The molecule has 0 spiro atoms. The van der Waals surface area contributed by atoms with Crippen molar-refractivity contribution in [3.63, 3.8) is 0 Å². The van der Waals surface area contributed by atoms with E-state index >= 15 is 0 Å². The molecule has 0 unspecified atom stereocenters. The Bertz CT molecular complexity index is 5180. The normalized spacial score (nSPS) is 12.6. The quantitative estimate of drug-likeness (QED) is 0.0453.